The van der Waals surface area contributed by atoms with Crippen LogP contribution in [0.4, 0.5) is 4.39 Å². The molecule has 3 nitrogen and oxygen atoms in total. The Labute approximate surface area is 88.5 Å². The molecule has 0 bridgehead atoms. The van der Waals surface area contributed by atoms with E-state index in [0.29, 0.717) is 6.54 Å². The summed E-state index contributed by atoms with van der Waals surface area (Å²) < 4.78 is 12.9. The number of amides is 1. The molecule has 0 saturated carbocycles. The molecule has 1 aromatic carbocycles. The number of hydrogen-bond acceptors (Lipinski definition) is 2. The fraction of sp³-hybridized carbons (Fsp3) is 0.364. The molecule has 1 unspecified atom stereocenters. The Kier molecular flexibility index (Phi) is 3.80. The summed E-state index contributed by atoms with van der Waals surface area (Å²) in [6.45, 7) is 4.01. The van der Waals surface area contributed by atoms with Crippen LogP contribution in [0.1, 0.15) is 18.1 Å². The topological polar surface area (TPSA) is 55.1 Å². The van der Waals surface area contributed by atoms with Crippen LogP contribution in [0.15, 0.2) is 18.2 Å². The largest absolute Gasteiger partial charge is 0.368 e. The Balaban J connectivity index is 2.65. The molecule has 0 heterocycles. The molecule has 3 N–H and O–H groups in total. The van der Waals surface area contributed by atoms with Crippen molar-refractivity contribution in [1.82, 2.24) is 5.32 Å². The molecule has 0 aromatic heterocycles. The minimum Gasteiger partial charge on any atom is -0.368 e. The molecule has 82 valence electrons. The van der Waals surface area contributed by atoms with Gasteiger partial charge in [0.1, 0.15) is 5.82 Å². The number of primary amides is 1. The van der Waals surface area contributed by atoms with Crippen LogP contribution in [0.3, 0.4) is 0 Å². The summed E-state index contributed by atoms with van der Waals surface area (Å²) in [7, 11) is 0. The summed E-state index contributed by atoms with van der Waals surface area (Å²) >= 11 is 0. The monoisotopic (exact) mass is 210 g/mol. The van der Waals surface area contributed by atoms with Gasteiger partial charge >= 0.3 is 0 Å². The molecular weight excluding hydrogens is 195 g/mol. The van der Waals surface area contributed by atoms with Gasteiger partial charge in [-0.25, -0.2) is 4.39 Å². The van der Waals surface area contributed by atoms with Gasteiger partial charge in [0, 0.05) is 6.54 Å². The number of nitrogens with two attached hydrogens (primary N) is 1. The lowest BCUT2D eigenvalue weighted by Crippen LogP contribution is -2.38. The van der Waals surface area contributed by atoms with E-state index < -0.39 is 11.9 Å². The lowest BCUT2D eigenvalue weighted by atomic mass is 10.1. The van der Waals surface area contributed by atoms with Gasteiger partial charge in [-0.1, -0.05) is 6.07 Å². The summed E-state index contributed by atoms with van der Waals surface area (Å²) in [5.41, 5.74) is 6.92. The summed E-state index contributed by atoms with van der Waals surface area (Å²) in [4.78, 5) is 10.8. The van der Waals surface area contributed by atoms with Gasteiger partial charge in [-0.05, 0) is 37.1 Å². The second-order valence-electron chi connectivity index (χ2n) is 3.58. The molecule has 15 heavy (non-hydrogen) atoms. The molecule has 1 rings (SSSR count). The molecule has 0 aliphatic carbocycles. The minimum atomic E-state index is -0.413. The smallest absolute Gasteiger partial charge is 0.234 e. The fourth-order valence-corrected chi connectivity index (χ4v) is 1.19. The number of carbonyl (C=O) groups excluding carboxylic acids is 1. The van der Waals surface area contributed by atoms with Crippen molar-refractivity contribution >= 4 is 5.91 Å². The number of aryl methyl sites for hydroxylation is 1. The molecular formula is C11H15FN2O. The second kappa shape index (κ2) is 4.89. The molecule has 0 fully saturated rings. The second-order valence-corrected chi connectivity index (χ2v) is 3.58. The number of halogens is 1. The third kappa shape index (κ3) is 3.32. The lowest BCUT2D eigenvalue weighted by molar-refractivity contribution is -0.119. The van der Waals surface area contributed by atoms with Gasteiger partial charge in [0.25, 0.3) is 0 Å². The number of rotatable bonds is 4. The van der Waals surface area contributed by atoms with Crippen LogP contribution in [0.5, 0.6) is 0 Å². The summed E-state index contributed by atoms with van der Waals surface area (Å²) in [5.74, 6) is -0.687. The predicted molar refractivity (Wildman–Crippen MR) is 56.6 cm³/mol. The van der Waals surface area contributed by atoms with Crippen molar-refractivity contribution in [3.8, 4) is 0 Å². The van der Waals surface area contributed by atoms with Crippen LogP contribution in [0.25, 0.3) is 0 Å². The van der Waals surface area contributed by atoms with Gasteiger partial charge in [0.2, 0.25) is 5.91 Å². The van der Waals surface area contributed by atoms with E-state index in [9.17, 15) is 9.18 Å². The lowest BCUT2D eigenvalue weighted by Gasteiger charge is -2.11. The molecule has 1 amide bonds. The van der Waals surface area contributed by atoms with E-state index in [1.807, 2.05) is 6.92 Å². The van der Waals surface area contributed by atoms with Gasteiger partial charge in [-0.2, -0.15) is 0 Å². The first-order valence-electron chi connectivity index (χ1n) is 4.78. The zero-order chi connectivity index (χ0) is 11.4. The Morgan fingerprint density at radius 3 is 2.87 bits per heavy atom. The van der Waals surface area contributed by atoms with E-state index in [-0.39, 0.29) is 5.82 Å². The fourth-order valence-electron chi connectivity index (χ4n) is 1.19. The van der Waals surface area contributed by atoms with Crippen LogP contribution >= 0.6 is 0 Å². The number of nitrogens with one attached hydrogen (secondary N) is 1. The van der Waals surface area contributed by atoms with Crippen molar-refractivity contribution in [2.75, 3.05) is 0 Å². The van der Waals surface area contributed by atoms with E-state index in [1.165, 1.54) is 12.1 Å². The molecule has 0 saturated heterocycles. The number of benzene rings is 1. The Hall–Kier alpha value is -1.42. The Morgan fingerprint density at radius 2 is 2.27 bits per heavy atom. The van der Waals surface area contributed by atoms with Crippen molar-refractivity contribution in [3.05, 3.63) is 35.1 Å². The van der Waals surface area contributed by atoms with Gasteiger partial charge in [-0.3, -0.25) is 4.79 Å². The van der Waals surface area contributed by atoms with Crippen LogP contribution in [-0.4, -0.2) is 11.9 Å². The zero-order valence-corrected chi connectivity index (χ0v) is 8.88. The highest BCUT2D eigenvalue weighted by Crippen LogP contribution is 2.09. The highest BCUT2D eigenvalue weighted by molar-refractivity contribution is 5.79. The normalized spacial score (nSPS) is 12.5. The molecule has 0 aliphatic heterocycles. The molecule has 1 atom stereocenters. The summed E-state index contributed by atoms with van der Waals surface area (Å²) in [6.07, 6.45) is 0. The predicted octanol–water partition coefficient (Wildman–Crippen LogP) is 1.10. The van der Waals surface area contributed by atoms with Gasteiger partial charge in [0.15, 0.2) is 0 Å². The van der Waals surface area contributed by atoms with Crippen molar-refractivity contribution in [2.24, 2.45) is 5.73 Å². The van der Waals surface area contributed by atoms with Crippen LogP contribution < -0.4 is 11.1 Å². The van der Waals surface area contributed by atoms with Crippen molar-refractivity contribution in [1.29, 1.82) is 0 Å². The molecule has 0 radical (unpaired) electrons. The Morgan fingerprint density at radius 1 is 1.60 bits per heavy atom. The van der Waals surface area contributed by atoms with E-state index in [2.05, 4.69) is 5.32 Å². The average molecular weight is 210 g/mol. The van der Waals surface area contributed by atoms with Gasteiger partial charge in [0.05, 0.1) is 6.04 Å². The van der Waals surface area contributed by atoms with Crippen molar-refractivity contribution < 1.29 is 9.18 Å². The maximum atomic E-state index is 12.9. The summed E-state index contributed by atoms with van der Waals surface area (Å²) in [6, 6.07) is 4.17. The number of hydrogen-bond donors (Lipinski definition) is 2. The van der Waals surface area contributed by atoms with E-state index in [1.54, 1.807) is 13.0 Å². The number of carbonyl (C=O) groups is 1. The van der Waals surface area contributed by atoms with Crippen LogP contribution in [0.2, 0.25) is 0 Å². The van der Waals surface area contributed by atoms with Crippen molar-refractivity contribution in [3.63, 3.8) is 0 Å². The van der Waals surface area contributed by atoms with Crippen LogP contribution in [0, 0.1) is 12.7 Å². The highest BCUT2D eigenvalue weighted by Gasteiger charge is 2.08. The maximum absolute atomic E-state index is 12.9. The quantitative estimate of drug-likeness (QED) is 0.781. The van der Waals surface area contributed by atoms with E-state index >= 15 is 0 Å². The van der Waals surface area contributed by atoms with Gasteiger partial charge < -0.3 is 11.1 Å². The SMILES string of the molecule is Cc1ccc(F)cc1CNC(C)C(N)=O. The molecule has 4 heteroatoms. The van der Waals surface area contributed by atoms with E-state index in [0.717, 1.165) is 11.1 Å². The van der Waals surface area contributed by atoms with E-state index in [4.69, 9.17) is 5.73 Å². The van der Waals surface area contributed by atoms with Crippen molar-refractivity contribution in [2.45, 2.75) is 26.4 Å². The Bertz CT molecular complexity index is 366. The highest BCUT2D eigenvalue weighted by atomic mass is 19.1. The third-order valence-corrected chi connectivity index (χ3v) is 2.34. The standard InChI is InChI=1S/C11H15FN2O/c1-7-3-4-10(12)5-9(7)6-14-8(2)11(13)15/h3-5,8,14H,6H2,1-2H3,(H2,13,15). The minimum absolute atomic E-state index is 0.274. The first-order chi connectivity index (χ1) is 7.00. The molecule has 0 aliphatic rings. The average Bonchev–Trinajstić information content (AvgIpc) is 2.18. The first kappa shape index (κ1) is 11.7. The maximum Gasteiger partial charge on any atom is 0.234 e. The first-order valence-corrected chi connectivity index (χ1v) is 4.78. The third-order valence-electron chi connectivity index (χ3n) is 2.34. The summed E-state index contributed by atoms with van der Waals surface area (Å²) in [5, 5.41) is 2.93. The molecule has 0 spiro atoms. The van der Waals surface area contributed by atoms with Gasteiger partial charge in [-0.15, -0.1) is 0 Å². The zero-order valence-electron chi connectivity index (χ0n) is 8.88. The van der Waals surface area contributed by atoms with Crippen LogP contribution in [-0.2, 0) is 11.3 Å². The molecule has 1 aromatic rings.